The van der Waals surface area contributed by atoms with E-state index in [2.05, 4.69) is 241 Å². The largest absolute Gasteiger partial charge is 0.310 e. The number of anilines is 3. The van der Waals surface area contributed by atoms with Crippen LogP contribution in [0.2, 0.25) is 0 Å². The molecule has 12 aromatic rings. The van der Waals surface area contributed by atoms with Gasteiger partial charge in [0, 0.05) is 31.5 Å². The molecule has 1 nitrogen and oxygen atoms in total. The van der Waals surface area contributed by atoms with Crippen LogP contribution in [0.15, 0.2) is 237 Å². The second kappa shape index (κ2) is 14.1. The fourth-order valence-electron chi connectivity index (χ4n) is 10.8. The van der Waals surface area contributed by atoms with Crippen LogP contribution in [0.4, 0.5) is 17.1 Å². The molecule has 0 atom stereocenters. The Hall–Kier alpha value is -7.78. The summed E-state index contributed by atoms with van der Waals surface area (Å²) in [7, 11) is 0. The number of thiophene rings is 1. The standard InChI is InChI=1S/C61H39NS/c1-3-16-42(17-4-1)61(43-18-5-2-6-19-43)55-26-13-11-24-51(55)52-37-35-45(39-56(52)61)62(57-27-15-29-59-60(57)53-25-12-14-28-58(53)63-59)44-33-30-40(31-34-44)41-32-36-50-48-22-8-7-20-46(48)47-21-9-10-23-49(47)54(50)38-41/h1-39H. The first kappa shape index (κ1) is 35.9. The predicted octanol–water partition coefficient (Wildman–Crippen LogP) is 17.0. The minimum absolute atomic E-state index is 0.507. The van der Waals surface area contributed by atoms with Crippen LogP contribution in [0.5, 0.6) is 0 Å². The van der Waals surface area contributed by atoms with Crippen LogP contribution in [0.25, 0.3) is 74.7 Å². The molecule has 0 fully saturated rings. The molecule has 13 rings (SSSR count). The van der Waals surface area contributed by atoms with E-state index in [4.69, 9.17) is 0 Å². The predicted molar refractivity (Wildman–Crippen MR) is 269 cm³/mol. The van der Waals surface area contributed by atoms with Crippen molar-refractivity contribution in [3.63, 3.8) is 0 Å². The smallest absolute Gasteiger partial charge is 0.0714 e. The van der Waals surface area contributed by atoms with Crippen molar-refractivity contribution < 1.29 is 0 Å². The van der Waals surface area contributed by atoms with Gasteiger partial charge in [-0.25, -0.2) is 0 Å². The molecular formula is C61H39NS. The van der Waals surface area contributed by atoms with Gasteiger partial charge in [-0.2, -0.15) is 0 Å². The van der Waals surface area contributed by atoms with Crippen molar-refractivity contribution in [3.05, 3.63) is 259 Å². The van der Waals surface area contributed by atoms with Gasteiger partial charge in [0.2, 0.25) is 0 Å². The summed E-state index contributed by atoms with van der Waals surface area (Å²) in [6.45, 7) is 0. The zero-order valence-electron chi connectivity index (χ0n) is 34.4. The third-order valence-corrected chi connectivity index (χ3v) is 14.7. The monoisotopic (exact) mass is 817 g/mol. The fraction of sp³-hybridized carbons (Fsp3) is 0.0164. The van der Waals surface area contributed by atoms with Gasteiger partial charge in [-0.3, -0.25) is 0 Å². The van der Waals surface area contributed by atoms with Crippen molar-refractivity contribution in [1.82, 2.24) is 0 Å². The maximum absolute atomic E-state index is 2.50. The fourth-order valence-corrected chi connectivity index (χ4v) is 12.0. The minimum Gasteiger partial charge on any atom is -0.310 e. The second-order valence-electron chi connectivity index (χ2n) is 16.7. The van der Waals surface area contributed by atoms with Crippen LogP contribution in [0, 0.1) is 0 Å². The normalized spacial score (nSPS) is 12.9. The molecule has 11 aromatic carbocycles. The summed E-state index contributed by atoms with van der Waals surface area (Å²) >= 11 is 1.86. The molecule has 294 valence electrons. The molecule has 0 radical (unpaired) electrons. The summed E-state index contributed by atoms with van der Waals surface area (Å²) in [5.74, 6) is 0. The van der Waals surface area contributed by atoms with E-state index >= 15 is 0 Å². The lowest BCUT2D eigenvalue weighted by molar-refractivity contribution is 0.768. The molecular weight excluding hydrogens is 779 g/mol. The van der Waals surface area contributed by atoms with E-state index in [0.717, 1.165) is 11.4 Å². The molecule has 0 N–H and O–H groups in total. The van der Waals surface area contributed by atoms with Gasteiger partial charge in [0.1, 0.15) is 0 Å². The number of rotatable bonds is 6. The molecule has 1 heterocycles. The number of benzene rings is 11. The summed E-state index contributed by atoms with van der Waals surface area (Å²) in [6.07, 6.45) is 0. The Morgan fingerprint density at radius 2 is 0.841 bits per heavy atom. The quantitative estimate of drug-likeness (QED) is 0.151. The highest BCUT2D eigenvalue weighted by molar-refractivity contribution is 7.26. The molecule has 1 aromatic heterocycles. The van der Waals surface area contributed by atoms with Crippen molar-refractivity contribution in [2.24, 2.45) is 0 Å². The molecule has 1 aliphatic rings. The van der Waals surface area contributed by atoms with E-state index in [1.54, 1.807) is 0 Å². The van der Waals surface area contributed by atoms with Crippen LogP contribution in [-0.2, 0) is 5.41 Å². The van der Waals surface area contributed by atoms with Gasteiger partial charge in [0.15, 0.2) is 0 Å². The van der Waals surface area contributed by atoms with E-state index in [-0.39, 0.29) is 0 Å². The first-order valence-corrected chi connectivity index (χ1v) is 22.6. The molecule has 0 saturated heterocycles. The molecule has 1 aliphatic carbocycles. The van der Waals surface area contributed by atoms with Crippen LogP contribution in [-0.4, -0.2) is 0 Å². The maximum Gasteiger partial charge on any atom is 0.0714 e. The van der Waals surface area contributed by atoms with Crippen molar-refractivity contribution in [3.8, 4) is 22.3 Å². The number of nitrogens with zero attached hydrogens (tertiary/aromatic N) is 1. The second-order valence-corrected chi connectivity index (χ2v) is 17.8. The van der Waals surface area contributed by atoms with Crippen molar-refractivity contribution in [2.45, 2.75) is 5.41 Å². The lowest BCUT2D eigenvalue weighted by atomic mass is 9.67. The minimum atomic E-state index is -0.507. The molecule has 0 spiro atoms. The summed E-state index contributed by atoms with van der Waals surface area (Å²) in [6, 6.07) is 87.9. The first-order chi connectivity index (χ1) is 31.3. The number of fused-ring (bicyclic) bond motifs is 12. The van der Waals surface area contributed by atoms with Gasteiger partial charge >= 0.3 is 0 Å². The van der Waals surface area contributed by atoms with Crippen LogP contribution in [0.1, 0.15) is 22.3 Å². The summed E-state index contributed by atoms with van der Waals surface area (Å²) in [5.41, 5.74) is 13.0. The molecule has 63 heavy (non-hydrogen) atoms. The SMILES string of the molecule is c1ccc(C2(c3ccccc3)c3ccccc3-c3ccc(N(c4ccc(-c5ccc6c7ccccc7c7ccccc7c6c5)cc4)c4cccc5sc6ccccc6c45)cc32)cc1. The molecule has 0 bridgehead atoms. The van der Waals surface area contributed by atoms with Gasteiger partial charge in [-0.15, -0.1) is 11.3 Å². The lowest BCUT2D eigenvalue weighted by Gasteiger charge is -2.35. The summed E-state index contributed by atoms with van der Waals surface area (Å²) in [4.78, 5) is 2.50. The van der Waals surface area contributed by atoms with E-state index in [1.807, 2.05) is 11.3 Å². The summed E-state index contributed by atoms with van der Waals surface area (Å²) < 4.78 is 2.58. The molecule has 0 unspecified atom stereocenters. The number of hydrogen-bond acceptors (Lipinski definition) is 2. The lowest BCUT2D eigenvalue weighted by Crippen LogP contribution is -2.28. The van der Waals surface area contributed by atoms with Crippen LogP contribution >= 0.6 is 11.3 Å². The Balaban J connectivity index is 1.03. The average molecular weight is 818 g/mol. The number of hydrogen-bond donors (Lipinski definition) is 0. The highest BCUT2D eigenvalue weighted by Crippen LogP contribution is 2.57. The van der Waals surface area contributed by atoms with Gasteiger partial charge in [-0.05, 0) is 125 Å². The summed E-state index contributed by atoms with van der Waals surface area (Å²) in [5, 5.41) is 10.3. The Kier molecular flexibility index (Phi) is 8.06. The Labute approximate surface area is 370 Å². The highest BCUT2D eigenvalue weighted by atomic mass is 32.1. The highest BCUT2D eigenvalue weighted by Gasteiger charge is 2.46. The van der Waals surface area contributed by atoms with Crippen molar-refractivity contribution in [1.29, 1.82) is 0 Å². The zero-order chi connectivity index (χ0) is 41.5. The third kappa shape index (κ3) is 5.35. The molecule has 0 saturated carbocycles. The van der Waals surface area contributed by atoms with Crippen LogP contribution < -0.4 is 4.90 Å². The maximum atomic E-state index is 2.50. The average Bonchev–Trinajstić information content (AvgIpc) is 3.89. The van der Waals surface area contributed by atoms with E-state index < -0.39 is 5.41 Å². The van der Waals surface area contributed by atoms with Gasteiger partial charge in [-0.1, -0.05) is 188 Å². The van der Waals surface area contributed by atoms with Crippen LogP contribution in [0.3, 0.4) is 0 Å². The Morgan fingerprint density at radius 1 is 0.317 bits per heavy atom. The van der Waals surface area contributed by atoms with Crippen molar-refractivity contribution >= 4 is 80.9 Å². The molecule has 0 amide bonds. The van der Waals surface area contributed by atoms with E-state index in [0.29, 0.717) is 0 Å². The Bertz CT molecular complexity index is 3660. The van der Waals surface area contributed by atoms with E-state index in [9.17, 15) is 0 Å². The Morgan fingerprint density at radius 3 is 1.54 bits per heavy atom. The zero-order valence-corrected chi connectivity index (χ0v) is 35.2. The van der Waals surface area contributed by atoms with Gasteiger partial charge in [0.25, 0.3) is 0 Å². The topological polar surface area (TPSA) is 3.24 Å². The first-order valence-electron chi connectivity index (χ1n) is 21.8. The van der Waals surface area contributed by atoms with Gasteiger partial charge < -0.3 is 4.90 Å². The molecule has 2 heteroatoms. The van der Waals surface area contributed by atoms with E-state index in [1.165, 1.54) is 103 Å². The molecule has 0 aliphatic heterocycles. The van der Waals surface area contributed by atoms with Crippen molar-refractivity contribution in [2.75, 3.05) is 4.90 Å². The third-order valence-electron chi connectivity index (χ3n) is 13.5. The van der Waals surface area contributed by atoms with Gasteiger partial charge in [0.05, 0.1) is 11.1 Å².